The van der Waals surface area contributed by atoms with Gasteiger partial charge in [-0.3, -0.25) is 9.36 Å². The zero-order valence-corrected chi connectivity index (χ0v) is 18.0. The highest BCUT2D eigenvalue weighted by Crippen LogP contribution is 2.28. The summed E-state index contributed by atoms with van der Waals surface area (Å²) in [6.45, 7) is 2.09. The van der Waals surface area contributed by atoms with E-state index in [1.54, 1.807) is 23.0 Å². The van der Waals surface area contributed by atoms with E-state index in [0.29, 0.717) is 38.7 Å². The van der Waals surface area contributed by atoms with E-state index >= 15 is 0 Å². The monoisotopic (exact) mass is 445 g/mol. The van der Waals surface area contributed by atoms with Gasteiger partial charge in [0, 0.05) is 0 Å². The van der Waals surface area contributed by atoms with Gasteiger partial charge in [0.15, 0.2) is 11.5 Å². The number of halogens is 1. The normalized spacial score (nSPS) is 12.3. The zero-order valence-electron chi connectivity index (χ0n) is 17.3. The molecule has 1 atom stereocenters. The summed E-state index contributed by atoms with van der Waals surface area (Å²) in [5.41, 5.74) is 2.34. The lowest BCUT2D eigenvalue weighted by Crippen LogP contribution is -2.28. The number of para-hydroxylation sites is 1. The Morgan fingerprint density at radius 2 is 1.94 bits per heavy atom. The molecule has 2 aromatic carbocycles. The topological polar surface area (TPSA) is 101 Å². The third kappa shape index (κ3) is 3.48. The maximum atomic E-state index is 13.7. The Labute approximate surface area is 188 Å². The molecule has 0 saturated carbocycles. The quantitative estimate of drug-likeness (QED) is 0.394. The lowest BCUT2D eigenvalue weighted by Gasteiger charge is -2.23. The number of rotatable bonds is 6. The molecule has 5 aromatic rings. The molecule has 160 valence electrons. The average molecular weight is 446 g/mol. The molecule has 0 aliphatic carbocycles. The van der Waals surface area contributed by atoms with E-state index < -0.39 is 0 Å². The molecule has 2 N–H and O–H groups in total. The molecular weight excluding hydrogens is 426 g/mol. The SMILES string of the molecule is CCC[C@H](Nc1ncnc2nc[nH]c12)c1nc2cccc(Cl)c2c(=O)n1-c1ccccc1. The molecule has 0 aliphatic rings. The number of aromatic nitrogens is 6. The second-order valence-corrected chi connectivity index (χ2v) is 7.80. The van der Waals surface area contributed by atoms with Gasteiger partial charge in [0.2, 0.25) is 0 Å². The van der Waals surface area contributed by atoms with Crippen LogP contribution in [0.5, 0.6) is 0 Å². The molecule has 0 radical (unpaired) electrons. The number of nitrogens with zero attached hydrogens (tertiary/aromatic N) is 5. The van der Waals surface area contributed by atoms with Gasteiger partial charge in [-0.2, -0.15) is 0 Å². The number of H-pyrrole nitrogens is 1. The van der Waals surface area contributed by atoms with Crippen molar-refractivity contribution >= 4 is 39.5 Å². The highest BCUT2D eigenvalue weighted by Gasteiger charge is 2.23. The Kier molecular flexibility index (Phi) is 5.28. The van der Waals surface area contributed by atoms with Gasteiger partial charge in [-0.05, 0) is 30.7 Å². The number of imidazole rings is 1. The molecule has 0 aliphatic heterocycles. The lowest BCUT2D eigenvalue weighted by molar-refractivity contribution is 0.616. The first kappa shape index (κ1) is 20.1. The number of aromatic amines is 1. The van der Waals surface area contributed by atoms with Crippen LogP contribution in [0.2, 0.25) is 5.02 Å². The summed E-state index contributed by atoms with van der Waals surface area (Å²) in [4.78, 5) is 34.4. The zero-order chi connectivity index (χ0) is 22.1. The minimum absolute atomic E-state index is 0.209. The molecule has 8 nitrogen and oxygen atoms in total. The van der Waals surface area contributed by atoms with E-state index in [4.69, 9.17) is 16.6 Å². The standard InChI is InChI=1S/C23H20ClN7O/c1-2-7-17(29-21-19-20(26-12-25-19)27-13-28-21)22-30-16-11-6-10-15(24)18(16)23(32)31(22)14-8-4-3-5-9-14/h3-6,8-13,17H,2,7H2,1H3,(H2,25,26,27,28,29)/t17-/m0/s1. The fourth-order valence-electron chi connectivity index (χ4n) is 3.86. The maximum absolute atomic E-state index is 13.7. The van der Waals surface area contributed by atoms with Crippen molar-refractivity contribution in [1.82, 2.24) is 29.5 Å². The van der Waals surface area contributed by atoms with Crippen LogP contribution >= 0.6 is 11.6 Å². The van der Waals surface area contributed by atoms with Gasteiger partial charge in [-0.1, -0.05) is 49.2 Å². The molecule has 0 bridgehead atoms. The van der Waals surface area contributed by atoms with Crippen molar-refractivity contribution in [3.63, 3.8) is 0 Å². The third-order valence-corrected chi connectivity index (χ3v) is 5.62. The molecule has 0 saturated heterocycles. The van der Waals surface area contributed by atoms with E-state index in [-0.39, 0.29) is 11.6 Å². The smallest absolute Gasteiger partial charge is 0.267 e. The van der Waals surface area contributed by atoms with Crippen molar-refractivity contribution in [1.29, 1.82) is 0 Å². The van der Waals surface area contributed by atoms with Crippen LogP contribution in [0.25, 0.3) is 27.8 Å². The minimum atomic E-state index is -0.294. The number of fused-ring (bicyclic) bond motifs is 2. The van der Waals surface area contributed by atoms with Crippen LogP contribution < -0.4 is 10.9 Å². The fraction of sp³-hybridized carbons (Fsp3) is 0.174. The first-order valence-electron chi connectivity index (χ1n) is 10.3. The number of benzene rings is 2. The Bertz CT molecular complexity index is 1460. The van der Waals surface area contributed by atoms with Gasteiger partial charge in [0.05, 0.1) is 34.0 Å². The summed E-state index contributed by atoms with van der Waals surface area (Å²) in [7, 11) is 0. The minimum Gasteiger partial charge on any atom is -0.358 e. The first-order chi connectivity index (χ1) is 15.7. The molecule has 0 spiro atoms. The van der Waals surface area contributed by atoms with Gasteiger partial charge in [-0.25, -0.2) is 19.9 Å². The van der Waals surface area contributed by atoms with Crippen molar-refractivity contribution < 1.29 is 0 Å². The van der Waals surface area contributed by atoms with Crippen LogP contribution in [0.3, 0.4) is 0 Å². The number of anilines is 1. The van der Waals surface area contributed by atoms with E-state index in [1.807, 2.05) is 36.4 Å². The molecule has 0 fully saturated rings. The fourth-order valence-corrected chi connectivity index (χ4v) is 4.11. The molecular formula is C23H20ClN7O. The summed E-state index contributed by atoms with van der Waals surface area (Å²) < 4.78 is 1.63. The maximum Gasteiger partial charge on any atom is 0.267 e. The molecule has 3 aromatic heterocycles. The van der Waals surface area contributed by atoms with Crippen molar-refractivity contribution in [2.24, 2.45) is 0 Å². The largest absolute Gasteiger partial charge is 0.358 e. The summed E-state index contributed by atoms with van der Waals surface area (Å²) in [6, 6.07) is 14.5. The van der Waals surface area contributed by atoms with Gasteiger partial charge >= 0.3 is 0 Å². The van der Waals surface area contributed by atoms with E-state index in [0.717, 1.165) is 18.5 Å². The predicted octanol–water partition coefficient (Wildman–Crippen LogP) is 4.66. The van der Waals surface area contributed by atoms with Crippen LogP contribution in [0.1, 0.15) is 31.6 Å². The third-order valence-electron chi connectivity index (χ3n) is 5.31. The van der Waals surface area contributed by atoms with E-state index in [1.165, 1.54) is 6.33 Å². The Morgan fingerprint density at radius 3 is 2.75 bits per heavy atom. The van der Waals surface area contributed by atoms with Gasteiger partial charge in [0.1, 0.15) is 17.7 Å². The lowest BCUT2D eigenvalue weighted by atomic mass is 10.1. The molecule has 0 amide bonds. The van der Waals surface area contributed by atoms with Crippen LogP contribution in [-0.4, -0.2) is 29.5 Å². The Hall–Kier alpha value is -3.78. The number of hydrogen-bond acceptors (Lipinski definition) is 6. The second kappa shape index (κ2) is 8.39. The summed E-state index contributed by atoms with van der Waals surface area (Å²) in [5, 5.41) is 4.24. The number of hydrogen-bond donors (Lipinski definition) is 2. The van der Waals surface area contributed by atoms with E-state index in [2.05, 4.69) is 32.2 Å². The van der Waals surface area contributed by atoms with Crippen molar-refractivity contribution in [2.75, 3.05) is 5.32 Å². The summed E-state index contributed by atoms with van der Waals surface area (Å²) in [6.07, 6.45) is 4.64. The molecule has 5 rings (SSSR count). The van der Waals surface area contributed by atoms with Crippen LogP contribution in [0.4, 0.5) is 5.82 Å². The van der Waals surface area contributed by atoms with Crippen LogP contribution in [0, 0.1) is 0 Å². The van der Waals surface area contributed by atoms with E-state index in [9.17, 15) is 4.79 Å². The van der Waals surface area contributed by atoms with Crippen LogP contribution in [0.15, 0.2) is 66.0 Å². The average Bonchev–Trinajstić information content (AvgIpc) is 3.29. The second-order valence-electron chi connectivity index (χ2n) is 7.39. The first-order valence-corrected chi connectivity index (χ1v) is 10.7. The molecule has 3 heterocycles. The highest BCUT2D eigenvalue weighted by molar-refractivity contribution is 6.35. The molecule has 32 heavy (non-hydrogen) atoms. The van der Waals surface area contributed by atoms with Gasteiger partial charge < -0.3 is 10.3 Å². The Morgan fingerprint density at radius 1 is 1.09 bits per heavy atom. The van der Waals surface area contributed by atoms with Crippen molar-refractivity contribution in [3.8, 4) is 5.69 Å². The van der Waals surface area contributed by atoms with Crippen molar-refractivity contribution in [3.05, 3.63) is 82.4 Å². The van der Waals surface area contributed by atoms with Gasteiger partial charge in [-0.15, -0.1) is 0 Å². The molecule has 0 unspecified atom stereocenters. The van der Waals surface area contributed by atoms with Crippen molar-refractivity contribution in [2.45, 2.75) is 25.8 Å². The van der Waals surface area contributed by atoms with Gasteiger partial charge in [0.25, 0.3) is 5.56 Å². The summed E-state index contributed by atoms with van der Waals surface area (Å²) in [5.74, 6) is 1.19. The predicted molar refractivity (Wildman–Crippen MR) is 125 cm³/mol. The highest BCUT2D eigenvalue weighted by atomic mass is 35.5. The Balaban J connectivity index is 1.74. The summed E-state index contributed by atoms with van der Waals surface area (Å²) >= 11 is 6.40. The number of nitrogens with one attached hydrogen (secondary N) is 2. The van der Waals surface area contributed by atoms with Crippen LogP contribution in [-0.2, 0) is 0 Å². The molecule has 9 heteroatoms.